The molecule has 3 nitrogen and oxygen atoms in total. The first kappa shape index (κ1) is 15.7. The summed E-state index contributed by atoms with van der Waals surface area (Å²) in [6, 6.07) is 0.579. The molecule has 2 N–H and O–H groups in total. The van der Waals surface area contributed by atoms with Crippen molar-refractivity contribution in [1.82, 2.24) is 10.6 Å². The molecule has 2 unspecified atom stereocenters. The Morgan fingerprint density at radius 1 is 1.28 bits per heavy atom. The lowest BCUT2D eigenvalue weighted by atomic mass is 9.83. The number of hydrogen-bond acceptors (Lipinski definition) is 2. The second-order valence-electron chi connectivity index (χ2n) is 5.01. The minimum atomic E-state index is 0.579. The lowest BCUT2D eigenvalue weighted by Gasteiger charge is -2.32. The van der Waals surface area contributed by atoms with Crippen molar-refractivity contribution >= 4 is 17.3 Å². The van der Waals surface area contributed by atoms with E-state index in [4.69, 9.17) is 17.0 Å². The van der Waals surface area contributed by atoms with Crippen LogP contribution in [0.3, 0.4) is 0 Å². The molecule has 1 fully saturated rings. The van der Waals surface area contributed by atoms with Gasteiger partial charge in [-0.1, -0.05) is 26.2 Å². The van der Waals surface area contributed by atoms with E-state index >= 15 is 0 Å². The molecule has 4 heteroatoms. The van der Waals surface area contributed by atoms with Crippen molar-refractivity contribution in [2.75, 3.05) is 19.8 Å². The van der Waals surface area contributed by atoms with Crippen LogP contribution < -0.4 is 10.6 Å². The van der Waals surface area contributed by atoms with E-state index in [0.29, 0.717) is 6.04 Å². The van der Waals surface area contributed by atoms with Crippen LogP contribution in [0.15, 0.2) is 0 Å². The average Bonchev–Trinajstić information content (AvgIpc) is 2.39. The van der Waals surface area contributed by atoms with Gasteiger partial charge in [0, 0.05) is 25.8 Å². The van der Waals surface area contributed by atoms with E-state index in [-0.39, 0.29) is 0 Å². The molecule has 0 aromatic heterocycles. The SMILES string of the molecule is CCOCCCNC(=S)NC1CCCCC1CC. The lowest BCUT2D eigenvalue weighted by Crippen LogP contribution is -2.46. The number of rotatable bonds is 7. The third-order valence-electron chi connectivity index (χ3n) is 3.71. The highest BCUT2D eigenvalue weighted by molar-refractivity contribution is 7.80. The second-order valence-corrected chi connectivity index (χ2v) is 5.42. The van der Waals surface area contributed by atoms with Crippen molar-refractivity contribution in [1.29, 1.82) is 0 Å². The molecule has 0 amide bonds. The molecule has 0 heterocycles. The summed E-state index contributed by atoms with van der Waals surface area (Å²) >= 11 is 5.35. The van der Waals surface area contributed by atoms with E-state index < -0.39 is 0 Å². The Hall–Kier alpha value is -0.350. The van der Waals surface area contributed by atoms with Gasteiger partial charge in [0.15, 0.2) is 5.11 Å². The van der Waals surface area contributed by atoms with Gasteiger partial charge >= 0.3 is 0 Å². The van der Waals surface area contributed by atoms with Crippen molar-refractivity contribution in [3.8, 4) is 0 Å². The Kier molecular flexibility index (Phi) is 8.34. The topological polar surface area (TPSA) is 33.3 Å². The Morgan fingerprint density at radius 3 is 2.78 bits per heavy atom. The summed E-state index contributed by atoms with van der Waals surface area (Å²) < 4.78 is 5.30. The molecule has 1 aliphatic carbocycles. The fourth-order valence-electron chi connectivity index (χ4n) is 2.63. The molecule has 0 aliphatic heterocycles. The van der Waals surface area contributed by atoms with E-state index in [0.717, 1.165) is 37.2 Å². The molecular formula is C14H28N2OS. The van der Waals surface area contributed by atoms with Crippen molar-refractivity contribution in [2.45, 2.75) is 58.4 Å². The van der Waals surface area contributed by atoms with Crippen LogP contribution >= 0.6 is 12.2 Å². The number of ether oxygens (including phenoxy) is 1. The van der Waals surface area contributed by atoms with Gasteiger partial charge in [-0.3, -0.25) is 0 Å². The van der Waals surface area contributed by atoms with Crippen LogP contribution in [0.25, 0.3) is 0 Å². The molecule has 0 saturated heterocycles. The van der Waals surface area contributed by atoms with Gasteiger partial charge in [0.05, 0.1) is 0 Å². The van der Waals surface area contributed by atoms with Crippen LogP contribution in [-0.2, 0) is 4.74 Å². The quantitative estimate of drug-likeness (QED) is 0.551. The summed E-state index contributed by atoms with van der Waals surface area (Å²) in [6.07, 6.45) is 7.59. The minimum absolute atomic E-state index is 0.579. The fraction of sp³-hybridized carbons (Fsp3) is 0.929. The van der Waals surface area contributed by atoms with Crippen LogP contribution in [-0.4, -0.2) is 30.9 Å². The molecule has 0 spiro atoms. The zero-order chi connectivity index (χ0) is 13.2. The molecule has 18 heavy (non-hydrogen) atoms. The van der Waals surface area contributed by atoms with Gasteiger partial charge in [-0.15, -0.1) is 0 Å². The third kappa shape index (κ3) is 6.01. The summed E-state index contributed by atoms with van der Waals surface area (Å²) in [5, 5.41) is 7.58. The maximum Gasteiger partial charge on any atom is 0.166 e. The molecule has 1 rings (SSSR count). The van der Waals surface area contributed by atoms with Gasteiger partial charge < -0.3 is 15.4 Å². The van der Waals surface area contributed by atoms with Gasteiger partial charge in [-0.2, -0.15) is 0 Å². The standard InChI is InChI=1S/C14H28N2OS/c1-3-12-8-5-6-9-13(12)16-14(18)15-10-7-11-17-4-2/h12-13H,3-11H2,1-2H3,(H2,15,16,18). The first-order valence-electron chi connectivity index (χ1n) is 7.40. The third-order valence-corrected chi connectivity index (χ3v) is 3.97. The van der Waals surface area contributed by atoms with E-state index in [1.807, 2.05) is 6.92 Å². The van der Waals surface area contributed by atoms with Crippen molar-refractivity contribution in [3.63, 3.8) is 0 Å². The van der Waals surface area contributed by atoms with Gasteiger partial charge in [0.25, 0.3) is 0 Å². The monoisotopic (exact) mass is 272 g/mol. The molecule has 0 aromatic rings. The molecule has 1 aliphatic rings. The molecule has 1 saturated carbocycles. The van der Waals surface area contributed by atoms with Crippen LogP contribution in [0.2, 0.25) is 0 Å². The van der Waals surface area contributed by atoms with E-state index in [1.165, 1.54) is 32.1 Å². The van der Waals surface area contributed by atoms with Crippen molar-refractivity contribution in [3.05, 3.63) is 0 Å². The summed E-state index contributed by atoms with van der Waals surface area (Å²) in [6.45, 7) is 6.81. The van der Waals surface area contributed by atoms with Gasteiger partial charge in [-0.05, 0) is 44.3 Å². The molecule has 2 atom stereocenters. The number of thiocarbonyl (C=S) groups is 1. The fourth-order valence-corrected chi connectivity index (χ4v) is 2.88. The predicted molar refractivity (Wildman–Crippen MR) is 80.9 cm³/mol. The molecule has 0 aromatic carbocycles. The highest BCUT2D eigenvalue weighted by atomic mass is 32.1. The molecular weight excluding hydrogens is 244 g/mol. The second kappa shape index (κ2) is 9.56. The largest absolute Gasteiger partial charge is 0.382 e. The normalized spacial score (nSPS) is 23.7. The van der Waals surface area contributed by atoms with Gasteiger partial charge in [-0.25, -0.2) is 0 Å². The van der Waals surface area contributed by atoms with Crippen LogP contribution in [0, 0.1) is 5.92 Å². The molecule has 0 bridgehead atoms. The summed E-state index contributed by atoms with van der Waals surface area (Å²) in [7, 11) is 0. The Bertz CT molecular complexity index is 236. The van der Waals surface area contributed by atoms with E-state index in [2.05, 4.69) is 17.6 Å². The average molecular weight is 272 g/mol. The minimum Gasteiger partial charge on any atom is -0.382 e. The smallest absolute Gasteiger partial charge is 0.166 e. The first-order valence-corrected chi connectivity index (χ1v) is 7.80. The lowest BCUT2D eigenvalue weighted by molar-refractivity contribution is 0.145. The zero-order valence-corrected chi connectivity index (χ0v) is 12.7. The Labute approximate surface area is 117 Å². The van der Waals surface area contributed by atoms with Gasteiger partial charge in [0.2, 0.25) is 0 Å². The van der Waals surface area contributed by atoms with Crippen LogP contribution in [0.1, 0.15) is 52.4 Å². The zero-order valence-electron chi connectivity index (χ0n) is 11.8. The summed E-state index contributed by atoms with van der Waals surface area (Å²) in [5.74, 6) is 0.793. The molecule has 0 radical (unpaired) electrons. The summed E-state index contributed by atoms with van der Waals surface area (Å²) in [4.78, 5) is 0. The highest BCUT2D eigenvalue weighted by Gasteiger charge is 2.23. The van der Waals surface area contributed by atoms with Crippen molar-refractivity contribution in [2.24, 2.45) is 5.92 Å². The van der Waals surface area contributed by atoms with Crippen molar-refractivity contribution < 1.29 is 4.74 Å². The predicted octanol–water partition coefficient (Wildman–Crippen LogP) is 2.85. The van der Waals surface area contributed by atoms with Gasteiger partial charge in [0.1, 0.15) is 0 Å². The van der Waals surface area contributed by atoms with Crippen LogP contribution in [0.5, 0.6) is 0 Å². The Morgan fingerprint density at radius 2 is 2.06 bits per heavy atom. The maximum absolute atomic E-state index is 5.35. The Balaban J connectivity index is 2.14. The highest BCUT2D eigenvalue weighted by Crippen LogP contribution is 2.26. The van der Waals surface area contributed by atoms with E-state index in [1.54, 1.807) is 0 Å². The number of nitrogens with one attached hydrogen (secondary N) is 2. The summed E-state index contributed by atoms with van der Waals surface area (Å²) in [5.41, 5.74) is 0. The maximum atomic E-state index is 5.35. The first-order chi connectivity index (χ1) is 8.77. The number of hydrogen-bond donors (Lipinski definition) is 2. The van der Waals surface area contributed by atoms with E-state index in [9.17, 15) is 0 Å². The van der Waals surface area contributed by atoms with Crippen LogP contribution in [0.4, 0.5) is 0 Å². The molecule has 106 valence electrons.